The number of hydrogen-bond donors (Lipinski definition) is 2. The molecule has 0 radical (unpaired) electrons. The zero-order valence-corrected chi connectivity index (χ0v) is 15.6. The highest BCUT2D eigenvalue weighted by atomic mass is 79.9. The number of carbonyl (C=O) groups is 1. The van der Waals surface area contributed by atoms with Crippen molar-refractivity contribution >= 4 is 33.4 Å². The van der Waals surface area contributed by atoms with Crippen LogP contribution >= 0.6 is 15.9 Å². The lowest BCUT2D eigenvalue weighted by Crippen LogP contribution is -2.45. The van der Waals surface area contributed by atoms with Gasteiger partial charge < -0.3 is 15.8 Å². The standard InChI is InChI=1S/C18H16BrF3N4O2/c1-9-4-10(19)6-24-15(9)16(27)25-11-2-3-13(20)12(5-11)18(17(21)22)8-28-7-14(23)26-18/h2-6,17H,7-8H2,1H3,(H2,23,26)(H,25,27)/t18-/m0/s1/i1D3,4D,6D. The number of carbonyl (C=O) groups excluding carboxylic acids is 1. The molecule has 6 nitrogen and oxygen atoms in total. The number of amidine groups is 1. The molecule has 1 atom stereocenters. The number of nitrogens with one attached hydrogen (secondary N) is 1. The maximum Gasteiger partial charge on any atom is 0.274 e. The third-order valence-electron chi connectivity index (χ3n) is 3.92. The molecule has 2 aromatic rings. The lowest BCUT2D eigenvalue weighted by molar-refractivity contribution is -0.0145. The average molecular weight is 462 g/mol. The molecule has 3 rings (SSSR count). The van der Waals surface area contributed by atoms with Crippen molar-refractivity contribution in [2.24, 2.45) is 10.7 Å². The fraction of sp³-hybridized carbons (Fsp3) is 0.278. The zero-order valence-electron chi connectivity index (χ0n) is 19.0. The summed E-state index contributed by atoms with van der Waals surface area (Å²) in [6.45, 7) is -3.79. The Labute approximate surface area is 174 Å². The van der Waals surface area contributed by atoms with Crippen LogP contribution in [-0.4, -0.2) is 36.4 Å². The molecule has 1 aromatic heterocycles. The van der Waals surface area contributed by atoms with Crippen LogP contribution in [0.5, 0.6) is 0 Å². The van der Waals surface area contributed by atoms with Crippen molar-refractivity contribution in [1.29, 1.82) is 0 Å². The van der Waals surface area contributed by atoms with E-state index in [4.69, 9.17) is 17.3 Å². The second-order valence-electron chi connectivity index (χ2n) is 5.86. The summed E-state index contributed by atoms with van der Waals surface area (Å²) in [6.07, 6.45) is -3.76. The number of halogens is 4. The van der Waals surface area contributed by atoms with Gasteiger partial charge in [0.1, 0.15) is 24.0 Å². The van der Waals surface area contributed by atoms with E-state index in [9.17, 15) is 18.0 Å². The largest absolute Gasteiger partial charge is 0.385 e. The quantitative estimate of drug-likeness (QED) is 0.729. The fourth-order valence-electron chi connectivity index (χ4n) is 2.65. The van der Waals surface area contributed by atoms with E-state index in [1.807, 2.05) is 0 Å². The highest BCUT2D eigenvalue weighted by molar-refractivity contribution is 9.10. The molecule has 0 saturated heterocycles. The first kappa shape index (κ1) is 14.5. The molecule has 0 aliphatic carbocycles. The summed E-state index contributed by atoms with van der Waals surface area (Å²) in [7, 11) is 0. The Morgan fingerprint density at radius 2 is 2.32 bits per heavy atom. The van der Waals surface area contributed by atoms with E-state index in [1.165, 1.54) is 0 Å². The number of nitrogens with zero attached hydrogens (tertiary/aromatic N) is 2. The number of alkyl halides is 2. The monoisotopic (exact) mass is 461 g/mol. The molecule has 3 N–H and O–H groups in total. The molecule has 28 heavy (non-hydrogen) atoms. The van der Waals surface area contributed by atoms with Gasteiger partial charge in [0.15, 0.2) is 5.54 Å². The van der Waals surface area contributed by atoms with E-state index in [0.717, 1.165) is 18.2 Å². The molecule has 1 amide bonds. The molecule has 0 spiro atoms. The number of nitrogens with two attached hydrogens (primary N) is 1. The van der Waals surface area contributed by atoms with Crippen LogP contribution in [0.1, 0.15) is 28.5 Å². The Morgan fingerprint density at radius 3 is 3.00 bits per heavy atom. The minimum atomic E-state index is -3.20. The number of pyridine rings is 1. The number of hydrogen-bond acceptors (Lipinski definition) is 5. The van der Waals surface area contributed by atoms with Crippen molar-refractivity contribution in [3.8, 4) is 0 Å². The summed E-state index contributed by atoms with van der Waals surface area (Å²) < 4.78 is 85.9. The molecule has 0 fully saturated rings. The molecule has 0 unspecified atom stereocenters. The molecule has 1 aliphatic heterocycles. The van der Waals surface area contributed by atoms with Crippen molar-refractivity contribution in [2.75, 3.05) is 18.5 Å². The number of benzene rings is 1. The van der Waals surface area contributed by atoms with Gasteiger partial charge in [-0.2, -0.15) is 0 Å². The van der Waals surface area contributed by atoms with Gasteiger partial charge in [0.05, 0.1) is 9.35 Å². The predicted octanol–water partition coefficient (Wildman–Crippen LogP) is 3.39. The first-order valence-corrected chi connectivity index (χ1v) is 8.56. The van der Waals surface area contributed by atoms with Crippen LogP contribution in [0.3, 0.4) is 0 Å². The van der Waals surface area contributed by atoms with E-state index < -0.39 is 66.2 Å². The van der Waals surface area contributed by atoms with Crippen molar-refractivity contribution in [1.82, 2.24) is 4.98 Å². The van der Waals surface area contributed by atoms with Gasteiger partial charge in [0, 0.05) is 26.0 Å². The Bertz CT molecular complexity index is 1150. The summed E-state index contributed by atoms with van der Waals surface area (Å²) in [5.74, 6) is -2.45. The third-order valence-corrected chi connectivity index (χ3v) is 4.29. The molecule has 1 aromatic carbocycles. The van der Waals surface area contributed by atoms with Gasteiger partial charge in [-0.15, -0.1) is 0 Å². The Morgan fingerprint density at radius 1 is 1.54 bits per heavy atom. The zero-order chi connectivity index (χ0) is 24.7. The van der Waals surface area contributed by atoms with E-state index in [-0.39, 0.29) is 22.6 Å². The summed E-state index contributed by atoms with van der Waals surface area (Å²) in [4.78, 5) is 20.2. The first-order valence-electron chi connectivity index (χ1n) is 10.3. The van der Waals surface area contributed by atoms with E-state index in [2.05, 4.69) is 31.2 Å². The van der Waals surface area contributed by atoms with Crippen molar-refractivity contribution < 1.29 is 29.6 Å². The van der Waals surface area contributed by atoms with Gasteiger partial charge in [-0.25, -0.2) is 18.2 Å². The highest BCUT2D eigenvalue weighted by Gasteiger charge is 2.46. The Hall–Kier alpha value is -2.46. The van der Waals surface area contributed by atoms with Gasteiger partial charge in [-0.3, -0.25) is 9.79 Å². The molecule has 1 aliphatic rings. The molecule has 148 valence electrons. The maximum atomic E-state index is 14.6. The van der Waals surface area contributed by atoms with Gasteiger partial charge in [0.25, 0.3) is 12.3 Å². The van der Waals surface area contributed by atoms with Crippen LogP contribution in [-0.2, 0) is 10.3 Å². The number of rotatable bonds is 4. The van der Waals surface area contributed by atoms with Gasteiger partial charge in [-0.1, -0.05) is 0 Å². The SMILES string of the molecule is [2H]c1nc(C(=O)Nc2ccc(F)c([C@]3(C(F)F)COCC(N)=N3)c2)c(C([2H])([2H])[2H])c([2H])c1Br. The molecular weight excluding hydrogens is 441 g/mol. The molecule has 0 saturated carbocycles. The van der Waals surface area contributed by atoms with Gasteiger partial charge >= 0.3 is 0 Å². The van der Waals surface area contributed by atoms with Crippen LogP contribution in [0.2, 0.25) is 0 Å². The summed E-state index contributed by atoms with van der Waals surface area (Å²) in [6, 6.07) is 2.16. The minimum Gasteiger partial charge on any atom is -0.385 e. The van der Waals surface area contributed by atoms with E-state index in [1.54, 1.807) is 0 Å². The first-order chi connectivity index (χ1) is 15.3. The van der Waals surface area contributed by atoms with Crippen LogP contribution in [0, 0.1) is 12.7 Å². The topological polar surface area (TPSA) is 89.6 Å². The highest BCUT2D eigenvalue weighted by Crippen LogP contribution is 2.38. The van der Waals surface area contributed by atoms with Crippen LogP contribution in [0.25, 0.3) is 0 Å². The Balaban J connectivity index is 2.07. The lowest BCUT2D eigenvalue weighted by Gasteiger charge is -2.33. The van der Waals surface area contributed by atoms with E-state index >= 15 is 0 Å². The lowest BCUT2D eigenvalue weighted by atomic mass is 9.90. The summed E-state index contributed by atoms with van der Waals surface area (Å²) in [5.41, 5.74) is 0.850. The number of ether oxygens (including phenoxy) is 1. The second kappa shape index (κ2) is 7.88. The second-order valence-corrected chi connectivity index (χ2v) is 6.65. The van der Waals surface area contributed by atoms with Crippen molar-refractivity contribution in [2.45, 2.75) is 18.8 Å². The average Bonchev–Trinajstić information content (AvgIpc) is 2.71. The number of aliphatic imine (C=N–C) groups is 1. The van der Waals surface area contributed by atoms with Crippen LogP contribution < -0.4 is 11.1 Å². The Kier molecular flexibility index (Phi) is 4.09. The smallest absolute Gasteiger partial charge is 0.274 e. The summed E-state index contributed by atoms with van der Waals surface area (Å²) in [5, 5.41) is 2.25. The number of amides is 1. The molecular formula is C18H16BrF3N4O2. The fourth-order valence-corrected chi connectivity index (χ4v) is 2.93. The number of aromatic nitrogens is 1. The minimum absolute atomic E-state index is 0.185. The molecule has 2 heterocycles. The van der Waals surface area contributed by atoms with Gasteiger partial charge in [-0.05, 0) is 52.6 Å². The summed E-state index contributed by atoms with van der Waals surface area (Å²) >= 11 is 2.89. The third kappa shape index (κ3) is 3.88. The van der Waals surface area contributed by atoms with Crippen molar-refractivity contribution in [3.05, 3.63) is 57.5 Å². The maximum absolute atomic E-state index is 14.6. The molecule has 10 heteroatoms. The molecule has 0 bridgehead atoms. The normalized spacial score (nSPS) is 22.5. The van der Waals surface area contributed by atoms with Gasteiger partial charge in [0.2, 0.25) is 0 Å². The van der Waals surface area contributed by atoms with Crippen molar-refractivity contribution in [3.63, 3.8) is 0 Å². The predicted molar refractivity (Wildman–Crippen MR) is 101 cm³/mol. The van der Waals surface area contributed by atoms with Crippen LogP contribution in [0.15, 0.2) is 39.9 Å². The van der Waals surface area contributed by atoms with E-state index in [0.29, 0.717) is 0 Å². The van der Waals surface area contributed by atoms with Crippen LogP contribution in [0.4, 0.5) is 18.9 Å². The number of anilines is 1.